The van der Waals surface area contributed by atoms with Crippen LogP contribution < -0.4 is 15.5 Å². The van der Waals surface area contributed by atoms with Gasteiger partial charge in [0, 0.05) is 44.1 Å². The largest absolute Gasteiger partial charge is 0.357 e. The zero-order valence-corrected chi connectivity index (χ0v) is 18.7. The quantitative estimate of drug-likeness (QED) is 0.235. The Morgan fingerprint density at radius 3 is 3.04 bits per heavy atom. The van der Waals surface area contributed by atoms with Gasteiger partial charge < -0.3 is 15.5 Å². The zero-order chi connectivity index (χ0) is 19.1. The van der Waals surface area contributed by atoms with Crippen LogP contribution in [0.2, 0.25) is 0 Å². The molecular weight excluding hydrogens is 472 g/mol. The van der Waals surface area contributed by atoms with Gasteiger partial charge in [0.25, 0.3) is 0 Å². The molecule has 28 heavy (non-hydrogen) atoms. The van der Waals surface area contributed by atoms with Gasteiger partial charge in [-0.2, -0.15) is 5.10 Å². The Labute approximate surface area is 182 Å². The van der Waals surface area contributed by atoms with Crippen LogP contribution in [0.25, 0.3) is 0 Å². The molecule has 0 bridgehead atoms. The molecule has 2 aromatic rings. The van der Waals surface area contributed by atoms with Crippen LogP contribution in [-0.2, 0) is 6.42 Å². The highest BCUT2D eigenvalue weighted by Gasteiger charge is 2.25. The molecule has 0 amide bonds. The highest BCUT2D eigenvalue weighted by atomic mass is 127. The Balaban J connectivity index is 0.00000280. The van der Waals surface area contributed by atoms with Gasteiger partial charge in [0.2, 0.25) is 0 Å². The summed E-state index contributed by atoms with van der Waals surface area (Å²) in [6.45, 7) is 7.13. The number of nitrogens with zero attached hydrogens (tertiary/aromatic N) is 4. The lowest BCUT2D eigenvalue weighted by Gasteiger charge is -2.19. The van der Waals surface area contributed by atoms with Crippen LogP contribution in [0.1, 0.15) is 31.0 Å². The van der Waals surface area contributed by atoms with E-state index in [0.717, 1.165) is 50.6 Å². The third-order valence-corrected chi connectivity index (χ3v) is 4.72. The van der Waals surface area contributed by atoms with E-state index in [0.29, 0.717) is 12.4 Å². The van der Waals surface area contributed by atoms with E-state index in [9.17, 15) is 4.39 Å². The first kappa shape index (κ1) is 22.4. The number of halogens is 2. The SMILES string of the molecule is CCNC(=NCCCc1cn[nH]c1C)NC1CCN(c2ncccc2F)C1.I. The average Bonchev–Trinajstić information content (AvgIpc) is 3.28. The van der Waals surface area contributed by atoms with Gasteiger partial charge in [-0.1, -0.05) is 0 Å². The van der Waals surface area contributed by atoms with Gasteiger partial charge in [0.15, 0.2) is 17.6 Å². The number of pyridine rings is 1. The van der Waals surface area contributed by atoms with Gasteiger partial charge in [0.1, 0.15) is 0 Å². The molecule has 3 N–H and O–H groups in total. The second kappa shape index (κ2) is 11.2. The minimum absolute atomic E-state index is 0. The number of H-pyrrole nitrogens is 1. The summed E-state index contributed by atoms with van der Waals surface area (Å²) in [6.07, 6.45) is 6.36. The van der Waals surface area contributed by atoms with Crippen molar-refractivity contribution in [3.8, 4) is 0 Å². The molecule has 154 valence electrons. The Hall–Kier alpha value is -1.91. The van der Waals surface area contributed by atoms with Crippen molar-refractivity contribution in [2.75, 3.05) is 31.1 Å². The van der Waals surface area contributed by atoms with Crippen LogP contribution in [0.5, 0.6) is 0 Å². The predicted octanol–water partition coefficient (Wildman–Crippen LogP) is 2.64. The van der Waals surface area contributed by atoms with E-state index in [2.05, 4.69) is 37.7 Å². The lowest BCUT2D eigenvalue weighted by Crippen LogP contribution is -2.44. The molecule has 3 rings (SSSR count). The molecule has 0 saturated carbocycles. The van der Waals surface area contributed by atoms with Gasteiger partial charge in [-0.05, 0) is 50.8 Å². The average molecular weight is 501 g/mol. The molecular formula is C19H29FIN7. The summed E-state index contributed by atoms with van der Waals surface area (Å²) in [5.74, 6) is 0.974. The summed E-state index contributed by atoms with van der Waals surface area (Å²) in [6, 6.07) is 3.29. The van der Waals surface area contributed by atoms with Crippen molar-refractivity contribution in [2.24, 2.45) is 4.99 Å². The maximum Gasteiger partial charge on any atom is 0.191 e. The topological polar surface area (TPSA) is 81.2 Å². The van der Waals surface area contributed by atoms with Crippen LogP contribution in [0.3, 0.4) is 0 Å². The third-order valence-electron chi connectivity index (χ3n) is 4.72. The molecule has 2 aromatic heterocycles. The number of hydrogen-bond acceptors (Lipinski definition) is 4. The van der Waals surface area contributed by atoms with Crippen LogP contribution in [-0.4, -0.2) is 53.4 Å². The smallest absolute Gasteiger partial charge is 0.191 e. The highest BCUT2D eigenvalue weighted by Crippen LogP contribution is 2.20. The Morgan fingerprint density at radius 2 is 2.32 bits per heavy atom. The van der Waals surface area contributed by atoms with E-state index in [1.165, 1.54) is 11.6 Å². The van der Waals surface area contributed by atoms with Crippen molar-refractivity contribution >= 4 is 35.8 Å². The van der Waals surface area contributed by atoms with E-state index in [4.69, 9.17) is 0 Å². The van der Waals surface area contributed by atoms with Crippen molar-refractivity contribution in [3.05, 3.63) is 41.6 Å². The molecule has 0 aliphatic carbocycles. The van der Waals surface area contributed by atoms with Crippen molar-refractivity contribution in [1.82, 2.24) is 25.8 Å². The summed E-state index contributed by atoms with van der Waals surface area (Å²) >= 11 is 0. The van der Waals surface area contributed by atoms with Crippen LogP contribution in [0, 0.1) is 12.7 Å². The molecule has 1 saturated heterocycles. The summed E-state index contributed by atoms with van der Waals surface area (Å²) in [4.78, 5) is 10.8. The third kappa shape index (κ3) is 6.05. The number of anilines is 1. The van der Waals surface area contributed by atoms with E-state index < -0.39 is 0 Å². The number of aliphatic imine (C=N–C) groups is 1. The van der Waals surface area contributed by atoms with Crippen LogP contribution in [0.15, 0.2) is 29.5 Å². The molecule has 1 aliphatic rings. The van der Waals surface area contributed by atoms with Crippen molar-refractivity contribution in [2.45, 2.75) is 39.2 Å². The van der Waals surface area contributed by atoms with E-state index in [1.807, 2.05) is 18.0 Å². The second-order valence-corrected chi connectivity index (χ2v) is 6.77. The molecule has 1 fully saturated rings. The summed E-state index contributed by atoms with van der Waals surface area (Å²) in [7, 11) is 0. The van der Waals surface area contributed by atoms with Crippen molar-refractivity contribution < 1.29 is 4.39 Å². The molecule has 0 spiro atoms. The fourth-order valence-electron chi connectivity index (χ4n) is 3.28. The standard InChI is InChI=1S/C19H28FN7.HI/c1-3-21-19(23-10-4-6-15-12-24-26-14(15)2)25-16-8-11-27(13-16)18-17(20)7-5-9-22-18;/h5,7,9,12,16H,3-4,6,8,10-11,13H2,1-2H3,(H,24,26)(H2,21,23,25);1H. The number of hydrogen-bond donors (Lipinski definition) is 3. The number of rotatable bonds is 7. The number of aromatic nitrogens is 3. The zero-order valence-electron chi connectivity index (χ0n) is 16.4. The van der Waals surface area contributed by atoms with Gasteiger partial charge in [-0.15, -0.1) is 24.0 Å². The number of aromatic amines is 1. The summed E-state index contributed by atoms with van der Waals surface area (Å²) in [5.41, 5.74) is 2.36. The van der Waals surface area contributed by atoms with Crippen LogP contribution >= 0.6 is 24.0 Å². The highest BCUT2D eigenvalue weighted by molar-refractivity contribution is 14.0. The molecule has 0 aromatic carbocycles. The van der Waals surface area contributed by atoms with Crippen molar-refractivity contribution in [1.29, 1.82) is 0 Å². The van der Waals surface area contributed by atoms with E-state index in [-0.39, 0.29) is 35.8 Å². The number of aryl methyl sites for hydroxylation is 2. The van der Waals surface area contributed by atoms with Gasteiger partial charge in [0.05, 0.1) is 6.20 Å². The van der Waals surface area contributed by atoms with Crippen molar-refractivity contribution in [3.63, 3.8) is 0 Å². The number of nitrogens with one attached hydrogen (secondary N) is 3. The molecule has 1 aliphatic heterocycles. The molecule has 1 unspecified atom stereocenters. The normalized spacial score (nSPS) is 16.8. The maximum absolute atomic E-state index is 13.9. The first-order chi connectivity index (χ1) is 13.2. The van der Waals surface area contributed by atoms with Gasteiger partial charge in [-0.25, -0.2) is 9.37 Å². The monoisotopic (exact) mass is 501 g/mol. The fourth-order valence-corrected chi connectivity index (χ4v) is 3.28. The summed E-state index contributed by atoms with van der Waals surface area (Å²) < 4.78 is 13.9. The maximum atomic E-state index is 13.9. The van der Waals surface area contributed by atoms with Gasteiger partial charge >= 0.3 is 0 Å². The molecule has 7 nitrogen and oxygen atoms in total. The first-order valence-electron chi connectivity index (χ1n) is 9.56. The van der Waals surface area contributed by atoms with Crippen LogP contribution in [0.4, 0.5) is 10.2 Å². The second-order valence-electron chi connectivity index (χ2n) is 6.77. The molecule has 3 heterocycles. The fraction of sp³-hybridized carbons (Fsp3) is 0.526. The predicted molar refractivity (Wildman–Crippen MR) is 121 cm³/mol. The number of guanidine groups is 1. The Bertz CT molecular complexity index is 764. The van der Waals surface area contributed by atoms with Gasteiger partial charge in [-0.3, -0.25) is 10.1 Å². The first-order valence-corrected chi connectivity index (χ1v) is 9.56. The van der Waals surface area contributed by atoms with E-state index in [1.54, 1.807) is 12.3 Å². The Kier molecular flexibility index (Phi) is 8.94. The minimum Gasteiger partial charge on any atom is -0.357 e. The van der Waals surface area contributed by atoms with E-state index >= 15 is 0 Å². The summed E-state index contributed by atoms with van der Waals surface area (Å²) in [5, 5.41) is 13.8. The lowest BCUT2D eigenvalue weighted by atomic mass is 10.1. The molecule has 9 heteroatoms. The lowest BCUT2D eigenvalue weighted by molar-refractivity contribution is 0.612. The molecule has 1 atom stereocenters. The minimum atomic E-state index is -0.270. The molecule has 0 radical (unpaired) electrons. The Morgan fingerprint density at radius 1 is 1.46 bits per heavy atom.